The molecular formula is C44H45N4O3+. The van der Waals surface area contributed by atoms with Crippen LogP contribution in [-0.2, 0) is 31.9 Å². The highest BCUT2D eigenvalue weighted by molar-refractivity contribution is 5.94. The summed E-state index contributed by atoms with van der Waals surface area (Å²) in [7, 11) is 0. The molecule has 7 heteroatoms. The van der Waals surface area contributed by atoms with Gasteiger partial charge in [-0.15, -0.1) is 0 Å². The summed E-state index contributed by atoms with van der Waals surface area (Å²) in [4.78, 5) is 34.6. The number of carbonyl (C=O) groups excluding carboxylic acids is 2. The summed E-state index contributed by atoms with van der Waals surface area (Å²) < 4.78 is 8.82. The molecule has 7 nitrogen and oxygen atoms in total. The minimum absolute atomic E-state index is 0.0153. The first-order valence-electron chi connectivity index (χ1n) is 18.1. The lowest BCUT2D eigenvalue weighted by molar-refractivity contribution is -0.670. The van der Waals surface area contributed by atoms with Crippen LogP contribution in [0.1, 0.15) is 52.8 Å². The number of quaternary nitrogens is 1. The normalized spacial score (nSPS) is 17.4. The van der Waals surface area contributed by atoms with Crippen LogP contribution in [0.2, 0.25) is 0 Å². The fourth-order valence-electron chi connectivity index (χ4n) is 8.05. The van der Waals surface area contributed by atoms with Gasteiger partial charge in [0.05, 0.1) is 32.4 Å². The monoisotopic (exact) mass is 677 g/mol. The summed E-state index contributed by atoms with van der Waals surface area (Å²) in [6.07, 6.45) is 6.91. The lowest BCUT2D eigenvalue weighted by Gasteiger charge is -2.50. The van der Waals surface area contributed by atoms with Crippen LogP contribution in [0.5, 0.6) is 0 Å². The summed E-state index contributed by atoms with van der Waals surface area (Å²) in [5.74, 6) is 0.479. The lowest BCUT2D eigenvalue weighted by Crippen LogP contribution is -2.64. The molecule has 3 fully saturated rings. The van der Waals surface area contributed by atoms with Gasteiger partial charge in [-0.25, -0.2) is 14.3 Å². The van der Waals surface area contributed by atoms with Gasteiger partial charge in [-0.1, -0.05) is 115 Å². The molecule has 0 radical (unpaired) electrons. The largest absolute Gasteiger partial charge is 0.366 e. The Bertz CT molecular complexity index is 1950. The minimum Gasteiger partial charge on any atom is -0.366 e. The minimum atomic E-state index is -0.715. The zero-order valence-electron chi connectivity index (χ0n) is 29.3. The SMILES string of the molecule is C=C(C(=O)N1CC(OCC2CC2)(c2ccccc2C)C1)[N+]1(C(=O)CCc2cncn2C(c2ccccc2)(c2ccccc2)c2ccccc2)CC1. The number of benzene rings is 4. The first-order chi connectivity index (χ1) is 24.9. The number of aromatic nitrogens is 2. The maximum atomic E-state index is 14.1. The fraction of sp³-hybridized carbons (Fsp3) is 0.295. The quantitative estimate of drug-likeness (QED) is 0.0583. The highest BCUT2D eigenvalue weighted by Gasteiger charge is 2.58. The molecule has 8 rings (SSSR count). The first-order valence-corrected chi connectivity index (χ1v) is 18.1. The molecule has 0 spiro atoms. The van der Waals surface area contributed by atoms with Gasteiger partial charge in [0.15, 0.2) is 5.70 Å². The van der Waals surface area contributed by atoms with Crippen LogP contribution in [0, 0.1) is 12.8 Å². The molecule has 1 aromatic heterocycles. The Kier molecular flexibility index (Phi) is 8.57. The van der Waals surface area contributed by atoms with Gasteiger partial charge >= 0.3 is 11.8 Å². The molecule has 5 aromatic rings. The van der Waals surface area contributed by atoms with Crippen molar-refractivity contribution in [3.63, 3.8) is 0 Å². The number of rotatable bonds is 13. The molecule has 3 aliphatic rings. The van der Waals surface area contributed by atoms with Gasteiger partial charge in [-0.05, 0) is 60.1 Å². The van der Waals surface area contributed by atoms with Gasteiger partial charge in [0.2, 0.25) is 0 Å². The van der Waals surface area contributed by atoms with E-state index in [2.05, 4.69) is 108 Å². The number of nitrogens with zero attached hydrogens (tertiary/aromatic N) is 4. The zero-order valence-corrected chi connectivity index (χ0v) is 29.3. The highest BCUT2D eigenvalue weighted by atomic mass is 16.5. The van der Waals surface area contributed by atoms with Crippen LogP contribution in [-0.4, -0.2) is 63.5 Å². The zero-order chi connectivity index (χ0) is 35.1. The number of likely N-dealkylation sites (tertiary alicyclic amines) is 1. The summed E-state index contributed by atoms with van der Waals surface area (Å²) in [6, 6.07) is 39.7. The van der Waals surface area contributed by atoms with Crippen molar-refractivity contribution in [2.45, 2.75) is 43.7 Å². The van der Waals surface area contributed by atoms with Gasteiger partial charge in [0.1, 0.15) is 24.2 Å². The third kappa shape index (κ3) is 5.84. The van der Waals surface area contributed by atoms with Gasteiger partial charge in [-0.2, -0.15) is 0 Å². The molecule has 3 heterocycles. The van der Waals surface area contributed by atoms with E-state index in [1.54, 1.807) is 0 Å². The van der Waals surface area contributed by atoms with E-state index in [-0.39, 0.29) is 22.7 Å². The third-order valence-electron chi connectivity index (χ3n) is 11.3. The standard InChI is InChI=1S/C44H45N4O3/c1-33-14-12-13-21-40(33)43(51-29-35-22-23-35)30-46(31-43)42(50)34(2)48(26-27-48)41(49)25-24-39-28-45-32-47(39)44(36-15-6-3-7-16-36,37-17-8-4-9-18-37)38-19-10-5-11-20-38/h3-21,28,32,35H,2,22-27,29-31H2,1H3/q+1. The van der Waals surface area contributed by atoms with E-state index in [4.69, 9.17) is 4.74 Å². The highest BCUT2D eigenvalue weighted by Crippen LogP contribution is 2.44. The number of hydrogen-bond acceptors (Lipinski definition) is 4. The predicted octanol–water partition coefficient (Wildman–Crippen LogP) is 7.00. The van der Waals surface area contributed by atoms with E-state index >= 15 is 0 Å². The van der Waals surface area contributed by atoms with Crippen LogP contribution in [0.15, 0.2) is 140 Å². The third-order valence-corrected chi connectivity index (χ3v) is 11.3. The fourth-order valence-corrected chi connectivity index (χ4v) is 8.05. The van der Waals surface area contributed by atoms with Crippen molar-refractivity contribution in [3.8, 4) is 0 Å². The molecule has 2 saturated heterocycles. The van der Waals surface area contributed by atoms with Gasteiger partial charge in [0, 0.05) is 18.3 Å². The van der Waals surface area contributed by atoms with Crippen LogP contribution >= 0.6 is 0 Å². The predicted molar refractivity (Wildman–Crippen MR) is 197 cm³/mol. The summed E-state index contributed by atoms with van der Waals surface area (Å²) in [5.41, 5.74) is 5.67. The molecule has 2 amide bonds. The second-order valence-corrected chi connectivity index (χ2v) is 14.5. The second kappa shape index (κ2) is 13.2. The Morgan fingerprint density at radius 1 is 0.843 bits per heavy atom. The van der Waals surface area contributed by atoms with E-state index in [0.29, 0.717) is 50.8 Å². The molecule has 2 aliphatic heterocycles. The van der Waals surface area contributed by atoms with E-state index < -0.39 is 11.1 Å². The molecule has 1 aliphatic carbocycles. The van der Waals surface area contributed by atoms with Crippen LogP contribution in [0.25, 0.3) is 0 Å². The summed E-state index contributed by atoms with van der Waals surface area (Å²) in [6.45, 7) is 9.21. The van der Waals surface area contributed by atoms with Crippen molar-refractivity contribution in [1.29, 1.82) is 0 Å². The van der Waals surface area contributed by atoms with Crippen LogP contribution < -0.4 is 0 Å². The lowest BCUT2D eigenvalue weighted by atomic mass is 9.76. The number of carbonyl (C=O) groups is 2. The Balaban J connectivity index is 1.03. The number of hydrogen-bond donors (Lipinski definition) is 0. The Morgan fingerprint density at radius 2 is 1.39 bits per heavy atom. The van der Waals surface area contributed by atoms with E-state index in [9.17, 15) is 9.59 Å². The van der Waals surface area contributed by atoms with Gasteiger partial charge < -0.3 is 14.2 Å². The molecule has 258 valence electrons. The van der Waals surface area contributed by atoms with Crippen LogP contribution in [0.4, 0.5) is 0 Å². The van der Waals surface area contributed by atoms with Gasteiger partial charge in [-0.3, -0.25) is 4.79 Å². The summed E-state index contributed by atoms with van der Waals surface area (Å²) in [5, 5.41) is 0. The van der Waals surface area contributed by atoms with Crippen molar-refractivity contribution in [2.24, 2.45) is 5.92 Å². The maximum Gasteiger partial charge on any atom is 0.319 e. The number of amides is 2. The van der Waals surface area contributed by atoms with E-state index in [1.165, 1.54) is 18.4 Å². The van der Waals surface area contributed by atoms with Crippen molar-refractivity contribution in [2.75, 3.05) is 32.8 Å². The molecule has 4 aromatic carbocycles. The molecule has 51 heavy (non-hydrogen) atoms. The van der Waals surface area contributed by atoms with Crippen molar-refractivity contribution in [3.05, 3.63) is 174 Å². The smallest absolute Gasteiger partial charge is 0.319 e. The van der Waals surface area contributed by atoms with E-state index in [0.717, 1.165) is 27.9 Å². The second-order valence-electron chi connectivity index (χ2n) is 14.5. The Hall–Kier alpha value is -5.11. The molecule has 0 unspecified atom stereocenters. The number of aryl methyl sites for hydroxylation is 2. The number of imidazole rings is 1. The summed E-state index contributed by atoms with van der Waals surface area (Å²) >= 11 is 0. The molecule has 0 bridgehead atoms. The van der Waals surface area contributed by atoms with Gasteiger partial charge in [0.25, 0.3) is 0 Å². The van der Waals surface area contributed by atoms with Crippen molar-refractivity contribution >= 4 is 11.8 Å². The molecule has 1 saturated carbocycles. The average Bonchev–Trinajstić information content (AvgIpc) is 4.10. The number of ether oxygens (including phenoxy) is 1. The molecule has 0 atom stereocenters. The van der Waals surface area contributed by atoms with Crippen molar-refractivity contribution in [1.82, 2.24) is 14.5 Å². The Morgan fingerprint density at radius 3 is 1.92 bits per heavy atom. The first kappa shape index (κ1) is 33.1. The van der Waals surface area contributed by atoms with Crippen LogP contribution in [0.3, 0.4) is 0 Å². The van der Waals surface area contributed by atoms with E-state index in [1.807, 2.05) is 47.8 Å². The Labute approximate surface area is 300 Å². The molecule has 0 N–H and O–H groups in total. The molecular weight excluding hydrogens is 633 g/mol. The van der Waals surface area contributed by atoms with Crippen molar-refractivity contribution < 1.29 is 18.8 Å². The average molecular weight is 678 g/mol. The maximum absolute atomic E-state index is 14.1. The topological polar surface area (TPSA) is 64.4 Å².